The van der Waals surface area contributed by atoms with Gasteiger partial charge in [0.2, 0.25) is 0 Å². The highest BCUT2D eigenvalue weighted by atomic mass is 32.2. The number of rotatable bonds is 3. The standard InChI is InChI=1S/C6H10OS2/c1-2-6(8)7-3-5-4-9-5/h5H,2-4H2,1H3/t5-/m0/s1. The maximum atomic E-state index is 5.23. The van der Waals surface area contributed by atoms with Crippen LogP contribution in [-0.2, 0) is 4.74 Å². The molecule has 0 saturated carbocycles. The Hall–Kier alpha value is 0.240. The number of thiocarbonyl (C=S) groups is 1. The summed E-state index contributed by atoms with van der Waals surface area (Å²) in [5.74, 6) is 1.26. The van der Waals surface area contributed by atoms with E-state index in [9.17, 15) is 0 Å². The lowest BCUT2D eigenvalue weighted by molar-refractivity contribution is 0.318. The van der Waals surface area contributed by atoms with E-state index in [0.29, 0.717) is 0 Å². The van der Waals surface area contributed by atoms with Crippen LogP contribution in [0.5, 0.6) is 0 Å². The molecule has 0 aliphatic carbocycles. The Bertz CT molecular complexity index is 110. The first-order chi connectivity index (χ1) is 4.33. The Kier molecular flexibility index (Phi) is 2.79. The molecule has 9 heavy (non-hydrogen) atoms. The summed E-state index contributed by atoms with van der Waals surface area (Å²) in [7, 11) is 0. The fraction of sp³-hybridized carbons (Fsp3) is 0.833. The molecule has 3 heteroatoms. The van der Waals surface area contributed by atoms with Crippen molar-refractivity contribution in [3.63, 3.8) is 0 Å². The van der Waals surface area contributed by atoms with Gasteiger partial charge in [0.1, 0.15) is 6.61 Å². The lowest BCUT2D eigenvalue weighted by Gasteiger charge is -2.01. The Morgan fingerprint density at radius 3 is 3.00 bits per heavy atom. The first-order valence-electron chi connectivity index (χ1n) is 3.10. The van der Waals surface area contributed by atoms with Crippen molar-refractivity contribution >= 4 is 29.0 Å². The van der Waals surface area contributed by atoms with Gasteiger partial charge in [-0.25, -0.2) is 0 Å². The Balaban J connectivity index is 1.96. The Morgan fingerprint density at radius 1 is 1.89 bits per heavy atom. The fourth-order valence-electron chi connectivity index (χ4n) is 0.452. The van der Waals surface area contributed by atoms with Crippen LogP contribution in [0.25, 0.3) is 0 Å². The zero-order chi connectivity index (χ0) is 6.69. The zero-order valence-corrected chi connectivity index (χ0v) is 7.06. The summed E-state index contributed by atoms with van der Waals surface area (Å²) in [6.07, 6.45) is 0.868. The third-order valence-corrected chi connectivity index (χ3v) is 2.47. The highest BCUT2D eigenvalue weighted by molar-refractivity contribution is 8.06. The van der Waals surface area contributed by atoms with Crippen molar-refractivity contribution in [1.29, 1.82) is 0 Å². The van der Waals surface area contributed by atoms with Crippen molar-refractivity contribution in [3.05, 3.63) is 0 Å². The summed E-state index contributed by atoms with van der Waals surface area (Å²) >= 11 is 6.81. The maximum Gasteiger partial charge on any atom is 0.159 e. The van der Waals surface area contributed by atoms with Gasteiger partial charge < -0.3 is 4.74 Å². The van der Waals surface area contributed by atoms with Gasteiger partial charge in [-0.15, -0.1) is 0 Å². The normalized spacial score (nSPS) is 23.4. The molecule has 0 amide bonds. The first kappa shape index (κ1) is 7.35. The van der Waals surface area contributed by atoms with Gasteiger partial charge in [-0.3, -0.25) is 0 Å². The predicted octanol–water partition coefficient (Wildman–Crippen LogP) is 1.86. The van der Waals surface area contributed by atoms with Gasteiger partial charge in [0.15, 0.2) is 5.05 Å². The summed E-state index contributed by atoms with van der Waals surface area (Å²) in [6, 6.07) is 0. The molecule has 0 bridgehead atoms. The molecule has 1 aliphatic rings. The van der Waals surface area contributed by atoms with E-state index in [0.717, 1.165) is 23.3 Å². The predicted molar refractivity (Wildman–Crippen MR) is 45.1 cm³/mol. The van der Waals surface area contributed by atoms with Crippen LogP contribution in [0, 0.1) is 0 Å². The summed E-state index contributed by atoms with van der Waals surface area (Å²) < 4.78 is 5.23. The average Bonchev–Trinajstić information content (AvgIpc) is 2.65. The zero-order valence-electron chi connectivity index (χ0n) is 5.42. The molecule has 0 aromatic rings. The van der Waals surface area contributed by atoms with E-state index < -0.39 is 0 Å². The van der Waals surface area contributed by atoms with Crippen molar-refractivity contribution in [1.82, 2.24) is 0 Å². The minimum atomic E-state index is 0.745. The molecule has 0 N–H and O–H groups in total. The van der Waals surface area contributed by atoms with Gasteiger partial charge in [0, 0.05) is 17.4 Å². The van der Waals surface area contributed by atoms with E-state index in [1.807, 2.05) is 18.7 Å². The van der Waals surface area contributed by atoms with E-state index in [1.54, 1.807) is 0 Å². The summed E-state index contributed by atoms with van der Waals surface area (Å²) in [5.41, 5.74) is 0. The molecule has 0 aromatic heterocycles. The highest BCUT2D eigenvalue weighted by Gasteiger charge is 2.22. The number of hydrogen-bond donors (Lipinski definition) is 0. The fourth-order valence-corrected chi connectivity index (χ4v) is 0.917. The van der Waals surface area contributed by atoms with E-state index >= 15 is 0 Å². The monoisotopic (exact) mass is 162 g/mol. The van der Waals surface area contributed by atoms with Gasteiger partial charge in [0.25, 0.3) is 0 Å². The minimum Gasteiger partial charge on any atom is -0.486 e. The third kappa shape index (κ3) is 3.06. The van der Waals surface area contributed by atoms with Crippen LogP contribution < -0.4 is 0 Å². The molecule has 52 valence electrons. The summed E-state index contributed by atoms with van der Waals surface area (Å²) in [6.45, 7) is 2.85. The lowest BCUT2D eigenvalue weighted by Crippen LogP contribution is -2.05. The van der Waals surface area contributed by atoms with Crippen LogP contribution in [-0.4, -0.2) is 22.7 Å². The quantitative estimate of drug-likeness (QED) is 0.463. The molecule has 1 rings (SSSR count). The van der Waals surface area contributed by atoms with Gasteiger partial charge >= 0.3 is 0 Å². The third-order valence-electron chi connectivity index (χ3n) is 1.12. The molecule has 0 aromatic carbocycles. The second kappa shape index (κ2) is 3.42. The van der Waals surface area contributed by atoms with Crippen LogP contribution in [0.1, 0.15) is 13.3 Å². The van der Waals surface area contributed by atoms with Crippen molar-refractivity contribution in [2.45, 2.75) is 18.6 Å². The molecule has 1 aliphatic heterocycles. The molecule has 1 saturated heterocycles. The van der Waals surface area contributed by atoms with E-state index in [4.69, 9.17) is 17.0 Å². The molecule has 1 heterocycles. The lowest BCUT2D eigenvalue weighted by atomic mass is 10.5. The van der Waals surface area contributed by atoms with Gasteiger partial charge in [-0.05, 0) is 12.2 Å². The van der Waals surface area contributed by atoms with Crippen LogP contribution in [0.3, 0.4) is 0 Å². The van der Waals surface area contributed by atoms with Crippen molar-refractivity contribution < 1.29 is 4.74 Å². The smallest absolute Gasteiger partial charge is 0.159 e. The summed E-state index contributed by atoms with van der Waals surface area (Å²) in [4.78, 5) is 0. The SMILES string of the molecule is CCC(=S)OC[C@H]1CS1. The molecule has 1 atom stereocenters. The van der Waals surface area contributed by atoms with Crippen LogP contribution >= 0.6 is 24.0 Å². The summed E-state index contributed by atoms with van der Waals surface area (Å²) in [5, 5.41) is 1.50. The number of thioether (sulfide) groups is 1. The molecular formula is C6H10OS2. The molecule has 0 unspecified atom stereocenters. The Labute approximate surface area is 65.2 Å². The van der Waals surface area contributed by atoms with Gasteiger partial charge in [0.05, 0.1) is 0 Å². The molecular weight excluding hydrogens is 152 g/mol. The molecule has 0 spiro atoms. The number of ether oxygens (including phenoxy) is 1. The van der Waals surface area contributed by atoms with Crippen LogP contribution in [0.15, 0.2) is 0 Å². The molecule has 1 nitrogen and oxygen atoms in total. The average molecular weight is 162 g/mol. The second-order valence-corrected chi connectivity index (χ2v) is 3.78. The second-order valence-electron chi connectivity index (χ2n) is 1.99. The highest BCUT2D eigenvalue weighted by Crippen LogP contribution is 2.29. The van der Waals surface area contributed by atoms with Crippen LogP contribution in [0.2, 0.25) is 0 Å². The van der Waals surface area contributed by atoms with Crippen molar-refractivity contribution in [2.24, 2.45) is 0 Å². The van der Waals surface area contributed by atoms with E-state index in [-0.39, 0.29) is 0 Å². The largest absolute Gasteiger partial charge is 0.486 e. The molecule has 0 radical (unpaired) electrons. The Morgan fingerprint density at radius 2 is 2.56 bits per heavy atom. The van der Waals surface area contributed by atoms with Crippen molar-refractivity contribution in [2.75, 3.05) is 12.4 Å². The first-order valence-corrected chi connectivity index (χ1v) is 4.56. The topological polar surface area (TPSA) is 9.23 Å². The van der Waals surface area contributed by atoms with E-state index in [2.05, 4.69) is 0 Å². The van der Waals surface area contributed by atoms with E-state index in [1.165, 1.54) is 5.75 Å². The van der Waals surface area contributed by atoms with Gasteiger partial charge in [-0.1, -0.05) is 6.92 Å². The minimum absolute atomic E-state index is 0.745. The van der Waals surface area contributed by atoms with Gasteiger partial charge in [-0.2, -0.15) is 11.8 Å². The maximum absolute atomic E-state index is 5.23. The molecule has 1 fully saturated rings. The van der Waals surface area contributed by atoms with Crippen LogP contribution in [0.4, 0.5) is 0 Å². The number of hydrogen-bond acceptors (Lipinski definition) is 3. The van der Waals surface area contributed by atoms with Crippen molar-refractivity contribution in [3.8, 4) is 0 Å².